The van der Waals surface area contributed by atoms with E-state index in [9.17, 15) is 9.90 Å². The fourth-order valence-electron chi connectivity index (χ4n) is 3.88. The van der Waals surface area contributed by atoms with Crippen LogP contribution < -0.4 is 0 Å². The van der Waals surface area contributed by atoms with E-state index in [1.807, 2.05) is 6.07 Å². The van der Waals surface area contributed by atoms with Crippen LogP contribution >= 0.6 is 0 Å². The number of carbonyl (C=O) groups is 1. The van der Waals surface area contributed by atoms with E-state index in [1.165, 1.54) is 0 Å². The van der Waals surface area contributed by atoms with Crippen LogP contribution in [0, 0.1) is 11.3 Å². The SMILES string of the molecule is CC1(C)c2cc(O)ccc2Cc2c1[nH]c1c2C(=O)CC(C#N)=C1. The molecular formula is C19H16N2O2. The van der Waals surface area contributed by atoms with Gasteiger partial charge >= 0.3 is 0 Å². The van der Waals surface area contributed by atoms with Gasteiger partial charge < -0.3 is 10.1 Å². The zero-order chi connectivity index (χ0) is 16.4. The normalized spacial score (nSPS) is 17.6. The molecule has 0 aliphatic heterocycles. The molecule has 1 heterocycles. The van der Waals surface area contributed by atoms with Crippen molar-refractivity contribution in [2.24, 2.45) is 0 Å². The molecule has 0 spiro atoms. The molecule has 0 atom stereocenters. The highest BCUT2D eigenvalue weighted by molar-refractivity contribution is 6.06. The van der Waals surface area contributed by atoms with Crippen LogP contribution in [-0.4, -0.2) is 15.9 Å². The predicted molar refractivity (Wildman–Crippen MR) is 86.4 cm³/mol. The number of benzene rings is 1. The summed E-state index contributed by atoms with van der Waals surface area (Å²) in [5.41, 5.74) is 5.86. The van der Waals surface area contributed by atoms with E-state index >= 15 is 0 Å². The van der Waals surface area contributed by atoms with E-state index < -0.39 is 0 Å². The number of aromatic hydroxyl groups is 1. The lowest BCUT2D eigenvalue weighted by atomic mass is 9.71. The third-order valence-electron chi connectivity index (χ3n) is 4.98. The molecular weight excluding hydrogens is 288 g/mol. The number of aromatic nitrogens is 1. The highest BCUT2D eigenvalue weighted by Crippen LogP contribution is 2.45. The first-order valence-corrected chi connectivity index (χ1v) is 7.63. The molecule has 4 heteroatoms. The van der Waals surface area contributed by atoms with E-state index in [0.29, 0.717) is 12.0 Å². The Hall–Kier alpha value is -2.80. The van der Waals surface area contributed by atoms with Crippen molar-refractivity contribution < 1.29 is 9.90 Å². The molecule has 0 amide bonds. The van der Waals surface area contributed by atoms with Crippen LogP contribution in [-0.2, 0) is 11.8 Å². The molecule has 1 aromatic carbocycles. The smallest absolute Gasteiger partial charge is 0.170 e. The van der Waals surface area contributed by atoms with Gasteiger partial charge in [-0.05, 0) is 34.9 Å². The monoisotopic (exact) mass is 304 g/mol. The van der Waals surface area contributed by atoms with Gasteiger partial charge in [0.25, 0.3) is 0 Å². The number of allylic oxidation sites excluding steroid dienone is 1. The minimum absolute atomic E-state index is 0.00887. The van der Waals surface area contributed by atoms with Crippen molar-refractivity contribution in [2.75, 3.05) is 0 Å². The van der Waals surface area contributed by atoms with Crippen molar-refractivity contribution in [2.45, 2.75) is 32.1 Å². The first kappa shape index (κ1) is 13.8. The van der Waals surface area contributed by atoms with Gasteiger partial charge in [0, 0.05) is 35.1 Å². The predicted octanol–water partition coefficient (Wildman–Crippen LogP) is 3.44. The first-order valence-electron chi connectivity index (χ1n) is 7.63. The minimum Gasteiger partial charge on any atom is -0.508 e. The number of H-pyrrole nitrogens is 1. The molecule has 0 unspecified atom stereocenters. The quantitative estimate of drug-likeness (QED) is 0.782. The van der Waals surface area contributed by atoms with E-state index in [2.05, 4.69) is 24.9 Å². The van der Waals surface area contributed by atoms with Crippen molar-refractivity contribution in [1.82, 2.24) is 4.98 Å². The van der Waals surface area contributed by atoms with Crippen molar-refractivity contribution in [3.63, 3.8) is 0 Å². The maximum absolute atomic E-state index is 12.5. The Morgan fingerprint density at radius 2 is 2.09 bits per heavy atom. The number of rotatable bonds is 0. The number of aromatic amines is 1. The molecule has 4 rings (SSSR count). The van der Waals surface area contributed by atoms with Gasteiger partial charge in [-0.3, -0.25) is 4.79 Å². The Labute approximate surface area is 134 Å². The molecule has 0 saturated heterocycles. The van der Waals surface area contributed by atoms with Gasteiger partial charge in [0.05, 0.1) is 11.8 Å². The molecule has 0 saturated carbocycles. The summed E-state index contributed by atoms with van der Waals surface area (Å²) in [6.45, 7) is 4.18. The fraction of sp³-hybridized carbons (Fsp3) is 0.263. The lowest BCUT2D eigenvalue weighted by molar-refractivity contribution is 0.0992. The number of carbonyl (C=O) groups excluding carboxylic acids is 1. The lowest BCUT2D eigenvalue weighted by Crippen LogP contribution is -2.27. The van der Waals surface area contributed by atoms with Crippen molar-refractivity contribution >= 4 is 11.9 Å². The average molecular weight is 304 g/mol. The maximum atomic E-state index is 12.5. The molecule has 4 nitrogen and oxygen atoms in total. The number of hydrogen-bond acceptors (Lipinski definition) is 3. The summed E-state index contributed by atoms with van der Waals surface area (Å²) in [7, 11) is 0. The number of hydrogen-bond donors (Lipinski definition) is 2. The van der Waals surface area contributed by atoms with Gasteiger partial charge in [-0.1, -0.05) is 19.9 Å². The minimum atomic E-state index is -0.333. The number of fused-ring (bicyclic) bond motifs is 4. The van der Waals surface area contributed by atoms with Crippen LogP contribution in [0.3, 0.4) is 0 Å². The van der Waals surface area contributed by atoms with Gasteiger partial charge in [-0.15, -0.1) is 0 Å². The van der Waals surface area contributed by atoms with Crippen molar-refractivity contribution in [1.29, 1.82) is 5.26 Å². The Morgan fingerprint density at radius 1 is 1.30 bits per heavy atom. The van der Waals surface area contributed by atoms with Crippen LogP contribution in [0.1, 0.15) is 58.7 Å². The molecule has 1 aromatic heterocycles. The first-order chi connectivity index (χ1) is 10.9. The summed E-state index contributed by atoms with van der Waals surface area (Å²) >= 11 is 0. The van der Waals surface area contributed by atoms with E-state index in [4.69, 9.17) is 5.26 Å². The summed E-state index contributed by atoms with van der Waals surface area (Å²) in [6.07, 6.45) is 2.63. The van der Waals surface area contributed by atoms with E-state index in [1.54, 1.807) is 18.2 Å². The van der Waals surface area contributed by atoms with Crippen LogP contribution in [0.25, 0.3) is 6.08 Å². The number of phenolic OH excluding ortho intramolecular Hbond substituents is 1. The van der Waals surface area contributed by atoms with E-state index in [-0.39, 0.29) is 23.4 Å². The van der Waals surface area contributed by atoms with Crippen molar-refractivity contribution in [3.8, 4) is 11.8 Å². The van der Waals surface area contributed by atoms with Gasteiger partial charge in [-0.25, -0.2) is 0 Å². The van der Waals surface area contributed by atoms with Crippen molar-refractivity contribution in [3.05, 3.63) is 57.4 Å². The molecule has 2 aromatic rings. The Kier molecular flexibility index (Phi) is 2.62. The Balaban J connectivity index is 1.98. The number of nitriles is 1. The zero-order valence-electron chi connectivity index (χ0n) is 13.0. The third-order valence-corrected chi connectivity index (χ3v) is 4.98. The number of Topliss-reactive ketones (excluding diaryl/α,β-unsaturated/α-hetero) is 1. The number of nitrogens with zero attached hydrogens (tertiary/aromatic N) is 1. The molecule has 114 valence electrons. The molecule has 0 bridgehead atoms. The second kappa shape index (κ2) is 4.36. The molecule has 0 radical (unpaired) electrons. The highest BCUT2D eigenvalue weighted by Gasteiger charge is 2.38. The Bertz CT molecular complexity index is 939. The standard InChI is InChI=1S/C19H16N2O2/c1-19(2)14-8-12(22)4-3-11(14)7-13-17-15(21-18(13)19)5-10(9-20)6-16(17)23/h3-5,8,21-22H,6-7H2,1-2H3. The molecule has 2 N–H and O–H groups in total. The molecule has 0 fully saturated rings. The van der Waals surface area contributed by atoms with Crippen LogP contribution in [0.15, 0.2) is 23.8 Å². The van der Waals surface area contributed by atoms with Crippen LogP contribution in [0.4, 0.5) is 0 Å². The number of phenols is 1. The average Bonchev–Trinajstić information content (AvgIpc) is 2.88. The van der Waals surface area contributed by atoms with Gasteiger partial charge in [0.2, 0.25) is 0 Å². The maximum Gasteiger partial charge on any atom is 0.170 e. The third kappa shape index (κ3) is 1.80. The molecule has 2 aliphatic carbocycles. The van der Waals surface area contributed by atoms with E-state index in [0.717, 1.165) is 33.6 Å². The summed E-state index contributed by atoms with van der Waals surface area (Å²) in [4.78, 5) is 15.9. The molecule has 23 heavy (non-hydrogen) atoms. The largest absolute Gasteiger partial charge is 0.508 e. The van der Waals surface area contributed by atoms with Gasteiger partial charge in [0.15, 0.2) is 5.78 Å². The fourth-order valence-corrected chi connectivity index (χ4v) is 3.88. The second-order valence-electron chi connectivity index (χ2n) is 6.79. The Morgan fingerprint density at radius 3 is 2.83 bits per heavy atom. The topological polar surface area (TPSA) is 76.9 Å². The van der Waals surface area contributed by atoms with Gasteiger partial charge in [-0.2, -0.15) is 5.26 Å². The second-order valence-corrected chi connectivity index (χ2v) is 6.79. The van der Waals surface area contributed by atoms with Crippen LogP contribution in [0.2, 0.25) is 0 Å². The summed E-state index contributed by atoms with van der Waals surface area (Å²) in [5, 5.41) is 18.9. The number of ketones is 1. The summed E-state index contributed by atoms with van der Waals surface area (Å²) < 4.78 is 0. The molecule has 2 aliphatic rings. The zero-order valence-corrected chi connectivity index (χ0v) is 13.0. The summed E-state index contributed by atoms with van der Waals surface area (Å²) in [6, 6.07) is 7.51. The number of nitrogens with one attached hydrogen (secondary N) is 1. The van der Waals surface area contributed by atoms with Crippen LogP contribution in [0.5, 0.6) is 5.75 Å². The lowest BCUT2D eigenvalue weighted by Gasteiger charge is -2.33. The summed E-state index contributed by atoms with van der Waals surface area (Å²) in [5.74, 6) is 0.258. The van der Waals surface area contributed by atoms with Gasteiger partial charge in [0.1, 0.15) is 5.75 Å². The highest BCUT2D eigenvalue weighted by atomic mass is 16.3.